The van der Waals surface area contributed by atoms with E-state index in [-0.39, 0.29) is 5.91 Å². The van der Waals surface area contributed by atoms with E-state index in [1.165, 1.54) is 6.20 Å². The number of piperazine rings is 1. The predicted molar refractivity (Wildman–Crippen MR) is 139 cm³/mol. The lowest BCUT2D eigenvalue weighted by molar-refractivity contribution is 0.101. The number of halogens is 1. The summed E-state index contributed by atoms with van der Waals surface area (Å²) in [4.78, 5) is 35.8. The summed E-state index contributed by atoms with van der Waals surface area (Å²) in [5, 5.41) is 6.53. The number of benzene rings is 1. The molecule has 0 bridgehead atoms. The molecule has 10 nitrogen and oxygen atoms in total. The Bertz CT molecular complexity index is 1170. The number of carbonyl (C=O) groups excluding carboxylic acids is 1. The number of rotatable bonds is 8. The van der Waals surface area contributed by atoms with Gasteiger partial charge in [-0.25, -0.2) is 4.98 Å². The molecule has 1 saturated heterocycles. The van der Waals surface area contributed by atoms with Gasteiger partial charge in [0.2, 0.25) is 17.8 Å². The number of aromatic nitrogens is 5. The van der Waals surface area contributed by atoms with Crippen molar-refractivity contribution in [1.29, 1.82) is 0 Å². The summed E-state index contributed by atoms with van der Waals surface area (Å²) in [5.74, 6) is 1.93. The summed E-state index contributed by atoms with van der Waals surface area (Å²) in [6.45, 7) is 11.0. The van der Waals surface area contributed by atoms with Gasteiger partial charge in [-0.1, -0.05) is 37.6 Å². The van der Waals surface area contributed by atoms with Gasteiger partial charge in [0.25, 0.3) is 5.91 Å². The Morgan fingerprint density at radius 2 is 1.89 bits per heavy atom. The highest BCUT2D eigenvalue weighted by Crippen LogP contribution is 2.26. The number of nitrogens with one attached hydrogen (secondary N) is 2. The van der Waals surface area contributed by atoms with Crippen LogP contribution in [0.25, 0.3) is 0 Å². The zero-order chi connectivity index (χ0) is 24.9. The van der Waals surface area contributed by atoms with Gasteiger partial charge >= 0.3 is 0 Å². The van der Waals surface area contributed by atoms with Crippen molar-refractivity contribution in [1.82, 2.24) is 29.4 Å². The number of hydrogen-bond donors (Lipinski definition) is 2. The Hall–Kier alpha value is -3.24. The Kier molecular flexibility index (Phi) is 7.82. The summed E-state index contributed by atoms with van der Waals surface area (Å²) in [6.07, 6.45) is 3.35. The second-order valence-corrected chi connectivity index (χ2v) is 9.00. The molecule has 1 aliphatic heterocycles. The smallest absolute Gasteiger partial charge is 0.274 e. The first-order valence-corrected chi connectivity index (χ1v) is 12.3. The maximum absolute atomic E-state index is 12.9. The SMILES string of the molecule is CCCN1CCN(c2nc(CC)nc(Nc3ncc(C(=O)Nc4c(C)cccc4Cl)n3C)n2)CC1. The van der Waals surface area contributed by atoms with Gasteiger partial charge in [0.1, 0.15) is 11.5 Å². The molecule has 2 aromatic heterocycles. The van der Waals surface area contributed by atoms with Crippen LogP contribution in [0.15, 0.2) is 24.4 Å². The van der Waals surface area contributed by atoms with E-state index >= 15 is 0 Å². The largest absolute Gasteiger partial charge is 0.338 e. The van der Waals surface area contributed by atoms with E-state index in [4.69, 9.17) is 11.6 Å². The molecule has 186 valence electrons. The monoisotopic (exact) mass is 497 g/mol. The van der Waals surface area contributed by atoms with Crippen molar-refractivity contribution in [3.05, 3.63) is 46.5 Å². The molecular formula is C24H32ClN9O. The van der Waals surface area contributed by atoms with Crippen LogP contribution in [0.3, 0.4) is 0 Å². The van der Waals surface area contributed by atoms with E-state index in [0.29, 0.717) is 46.5 Å². The maximum Gasteiger partial charge on any atom is 0.274 e. The van der Waals surface area contributed by atoms with Crippen molar-refractivity contribution in [2.45, 2.75) is 33.6 Å². The van der Waals surface area contributed by atoms with Crippen LogP contribution in [-0.4, -0.2) is 68.0 Å². The van der Waals surface area contributed by atoms with Crippen molar-refractivity contribution >= 4 is 41.0 Å². The van der Waals surface area contributed by atoms with Crippen molar-refractivity contribution < 1.29 is 4.79 Å². The van der Waals surface area contributed by atoms with Crippen LogP contribution in [0.2, 0.25) is 5.02 Å². The number of amides is 1. The van der Waals surface area contributed by atoms with Crippen LogP contribution < -0.4 is 15.5 Å². The average Bonchev–Trinajstić information content (AvgIpc) is 3.21. The van der Waals surface area contributed by atoms with Crippen LogP contribution in [0.1, 0.15) is 42.1 Å². The number of imidazole rings is 1. The quantitative estimate of drug-likeness (QED) is 0.486. The van der Waals surface area contributed by atoms with E-state index in [9.17, 15) is 4.79 Å². The van der Waals surface area contributed by atoms with Gasteiger partial charge in [0, 0.05) is 39.6 Å². The number of para-hydroxylation sites is 1. The topological polar surface area (TPSA) is 104 Å². The molecule has 0 aliphatic carbocycles. The zero-order valence-electron chi connectivity index (χ0n) is 20.7. The minimum Gasteiger partial charge on any atom is -0.338 e. The predicted octanol–water partition coefficient (Wildman–Crippen LogP) is 3.66. The van der Waals surface area contributed by atoms with E-state index in [1.807, 2.05) is 26.0 Å². The van der Waals surface area contributed by atoms with Crippen LogP contribution in [-0.2, 0) is 13.5 Å². The number of hydrogen-bond acceptors (Lipinski definition) is 8. The fourth-order valence-electron chi connectivity index (χ4n) is 4.06. The van der Waals surface area contributed by atoms with Crippen LogP contribution in [0.4, 0.5) is 23.5 Å². The highest BCUT2D eigenvalue weighted by atomic mass is 35.5. The fraction of sp³-hybridized carbons (Fsp3) is 0.458. The first-order chi connectivity index (χ1) is 16.9. The third-order valence-electron chi connectivity index (χ3n) is 6.09. The summed E-state index contributed by atoms with van der Waals surface area (Å²) in [5.41, 5.74) is 1.85. The van der Waals surface area contributed by atoms with Crippen molar-refractivity contribution in [2.75, 3.05) is 48.3 Å². The lowest BCUT2D eigenvalue weighted by Gasteiger charge is -2.34. The molecule has 3 aromatic rings. The number of aryl methyl sites for hydroxylation is 2. The highest BCUT2D eigenvalue weighted by Gasteiger charge is 2.21. The molecule has 1 aromatic carbocycles. The van der Waals surface area contributed by atoms with Gasteiger partial charge < -0.3 is 14.8 Å². The summed E-state index contributed by atoms with van der Waals surface area (Å²) >= 11 is 6.27. The van der Waals surface area contributed by atoms with Crippen molar-refractivity contribution in [2.24, 2.45) is 7.05 Å². The Labute approximate surface area is 210 Å². The number of anilines is 4. The molecule has 1 fully saturated rings. The first kappa shape index (κ1) is 24.9. The first-order valence-electron chi connectivity index (χ1n) is 12.0. The van der Waals surface area contributed by atoms with E-state index in [0.717, 1.165) is 44.7 Å². The molecule has 0 saturated carbocycles. The second-order valence-electron chi connectivity index (χ2n) is 8.59. The molecule has 3 heterocycles. The molecule has 4 rings (SSSR count). The molecule has 35 heavy (non-hydrogen) atoms. The third-order valence-corrected chi connectivity index (χ3v) is 6.40. The van der Waals surface area contributed by atoms with Gasteiger partial charge in [-0.05, 0) is 31.5 Å². The van der Waals surface area contributed by atoms with Gasteiger partial charge in [-0.3, -0.25) is 15.0 Å². The van der Waals surface area contributed by atoms with Crippen LogP contribution in [0.5, 0.6) is 0 Å². The molecular weight excluding hydrogens is 466 g/mol. The Morgan fingerprint density at radius 1 is 1.11 bits per heavy atom. The van der Waals surface area contributed by atoms with Gasteiger partial charge in [-0.2, -0.15) is 15.0 Å². The molecule has 2 N–H and O–H groups in total. The van der Waals surface area contributed by atoms with Gasteiger partial charge in [0.05, 0.1) is 16.9 Å². The lowest BCUT2D eigenvalue weighted by Crippen LogP contribution is -2.47. The summed E-state index contributed by atoms with van der Waals surface area (Å²) in [7, 11) is 1.76. The van der Waals surface area contributed by atoms with E-state index < -0.39 is 0 Å². The Morgan fingerprint density at radius 3 is 2.57 bits per heavy atom. The Balaban J connectivity index is 1.51. The number of nitrogens with zero attached hydrogens (tertiary/aromatic N) is 7. The van der Waals surface area contributed by atoms with Crippen molar-refractivity contribution in [3.63, 3.8) is 0 Å². The molecule has 11 heteroatoms. The molecule has 0 spiro atoms. The normalized spacial score (nSPS) is 14.3. The second kappa shape index (κ2) is 11.0. The van der Waals surface area contributed by atoms with Crippen LogP contribution >= 0.6 is 11.6 Å². The highest BCUT2D eigenvalue weighted by molar-refractivity contribution is 6.34. The standard InChI is InChI=1S/C24H32ClN9O/c1-5-10-33-11-13-34(14-12-33)24-28-19(6-2)27-22(31-24)30-23-26-15-18(32(23)4)21(35)29-20-16(3)8-7-9-17(20)25/h7-9,15H,5-6,10-14H2,1-4H3,(H,29,35)(H,26,27,28,30,31). The van der Waals surface area contributed by atoms with E-state index in [1.54, 1.807) is 17.7 Å². The average molecular weight is 498 g/mol. The molecule has 1 amide bonds. The number of carbonyl (C=O) groups is 1. The van der Waals surface area contributed by atoms with Gasteiger partial charge in [0.15, 0.2) is 0 Å². The minimum atomic E-state index is -0.306. The van der Waals surface area contributed by atoms with Crippen LogP contribution in [0, 0.1) is 6.92 Å². The summed E-state index contributed by atoms with van der Waals surface area (Å²) in [6, 6.07) is 5.48. The molecule has 0 atom stereocenters. The van der Waals surface area contributed by atoms with E-state index in [2.05, 4.69) is 47.3 Å². The molecule has 0 radical (unpaired) electrons. The lowest BCUT2D eigenvalue weighted by atomic mass is 10.2. The van der Waals surface area contributed by atoms with Gasteiger partial charge in [-0.15, -0.1) is 0 Å². The third kappa shape index (κ3) is 5.71. The van der Waals surface area contributed by atoms with Crippen molar-refractivity contribution in [3.8, 4) is 0 Å². The molecule has 0 unspecified atom stereocenters. The fourth-order valence-corrected chi connectivity index (χ4v) is 4.32. The summed E-state index contributed by atoms with van der Waals surface area (Å²) < 4.78 is 1.67. The minimum absolute atomic E-state index is 0.306. The maximum atomic E-state index is 12.9. The molecule has 1 aliphatic rings. The zero-order valence-corrected chi connectivity index (χ0v) is 21.4.